The van der Waals surface area contributed by atoms with Gasteiger partial charge in [-0.1, -0.05) is 0 Å². The molecule has 0 bridgehead atoms. The van der Waals surface area contributed by atoms with E-state index in [1.54, 1.807) is 10.9 Å². The van der Waals surface area contributed by atoms with Gasteiger partial charge in [0.05, 0.1) is 18.9 Å². The molecule has 2 heterocycles. The van der Waals surface area contributed by atoms with Gasteiger partial charge in [0.2, 0.25) is 10.0 Å². The largest absolute Gasteiger partial charge is 0.275 e. The second-order valence-electron chi connectivity index (χ2n) is 3.44. The van der Waals surface area contributed by atoms with E-state index in [0.29, 0.717) is 6.54 Å². The zero-order valence-corrected chi connectivity index (χ0v) is 9.42. The molecule has 0 saturated heterocycles. The van der Waals surface area contributed by atoms with E-state index in [2.05, 4.69) is 10.2 Å². The van der Waals surface area contributed by atoms with Gasteiger partial charge in [-0.05, 0) is 0 Å². The zero-order valence-electron chi connectivity index (χ0n) is 8.61. The van der Waals surface area contributed by atoms with Gasteiger partial charge in [0.1, 0.15) is 4.90 Å². The minimum atomic E-state index is -3.67. The van der Waals surface area contributed by atoms with Crippen LogP contribution in [-0.4, -0.2) is 28.0 Å². The van der Waals surface area contributed by atoms with Crippen molar-refractivity contribution in [1.82, 2.24) is 19.6 Å². The van der Waals surface area contributed by atoms with Crippen molar-refractivity contribution in [3.63, 3.8) is 0 Å². The molecule has 2 rings (SSSR count). The molecule has 0 amide bonds. The van der Waals surface area contributed by atoms with Crippen LogP contribution >= 0.6 is 0 Å². The van der Waals surface area contributed by atoms with Crippen LogP contribution in [0.4, 0.5) is 0 Å². The van der Waals surface area contributed by atoms with Crippen LogP contribution in [0.25, 0.3) is 0 Å². The van der Waals surface area contributed by atoms with E-state index in [1.165, 1.54) is 17.1 Å². The maximum Gasteiger partial charge on any atom is 0.241 e. The van der Waals surface area contributed by atoms with Crippen molar-refractivity contribution in [3.05, 3.63) is 30.4 Å². The molecule has 0 aliphatic heterocycles. The lowest BCUT2D eigenvalue weighted by Crippen LogP contribution is -2.11. The molecule has 0 aliphatic carbocycles. The lowest BCUT2D eigenvalue weighted by molar-refractivity contribution is 0.597. The van der Waals surface area contributed by atoms with Crippen LogP contribution < -0.4 is 5.14 Å². The summed E-state index contributed by atoms with van der Waals surface area (Å²) in [6.07, 6.45) is 6.14. The third-order valence-corrected chi connectivity index (χ3v) is 2.91. The summed E-state index contributed by atoms with van der Waals surface area (Å²) >= 11 is 0. The summed E-state index contributed by atoms with van der Waals surface area (Å²) in [6.45, 7) is 0.462. The van der Waals surface area contributed by atoms with E-state index in [1.807, 2.05) is 13.2 Å². The van der Waals surface area contributed by atoms with Gasteiger partial charge < -0.3 is 0 Å². The highest BCUT2D eigenvalue weighted by Crippen LogP contribution is 2.06. The normalized spacial score (nSPS) is 11.9. The fraction of sp³-hybridized carbons (Fsp3) is 0.250. The van der Waals surface area contributed by atoms with E-state index in [-0.39, 0.29) is 4.90 Å². The fourth-order valence-electron chi connectivity index (χ4n) is 1.32. The highest BCUT2D eigenvalue weighted by Gasteiger charge is 2.10. The number of aromatic nitrogens is 4. The van der Waals surface area contributed by atoms with Crippen molar-refractivity contribution >= 4 is 10.0 Å². The molecule has 0 atom stereocenters. The maximum atomic E-state index is 11.0. The lowest BCUT2D eigenvalue weighted by Gasteiger charge is -1.96. The first kappa shape index (κ1) is 10.8. The Morgan fingerprint density at radius 3 is 2.56 bits per heavy atom. The van der Waals surface area contributed by atoms with Gasteiger partial charge in [0, 0.05) is 25.0 Å². The molecule has 0 fully saturated rings. The molecule has 86 valence electrons. The molecule has 0 radical (unpaired) electrons. The van der Waals surface area contributed by atoms with Gasteiger partial charge in [-0.15, -0.1) is 0 Å². The van der Waals surface area contributed by atoms with Gasteiger partial charge in [-0.3, -0.25) is 9.36 Å². The Labute approximate surface area is 92.5 Å². The van der Waals surface area contributed by atoms with Crippen molar-refractivity contribution < 1.29 is 8.42 Å². The number of aryl methyl sites for hydroxylation is 1. The van der Waals surface area contributed by atoms with E-state index in [9.17, 15) is 8.42 Å². The number of sulfonamides is 1. The SMILES string of the molecule is Cn1cc(Cn2cc(S(N)(=O)=O)cn2)cn1. The van der Waals surface area contributed by atoms with E-state index in [0.717, 1.165) is 5.56 Å². The highest BCUT2D eigenvalue weighted by atomic mass is 32.2. The highest BCUT2D eigenvalue weighted by molar-refractivity contribution is 7.89. The van der Waals surface area contributed by atoms with Gasteiger partial charge >= 0.3 is 0 Å². The fourth-order valence-corrected chi connectivity index (χ4v) is 1.78. The van der Waals surface area contributed by atoms with Crippen molar-refractivity contribution in [2.45, 2.75) is 11.4 Å². The number of primary sulfonamides is 1. The number of rotatable bonds is 3. The minimum absolute atomic E-state index is 0.0105. The predicted octanol–water partition coefficient (Wildman–Crippen LogP) is -0.688. The Bertz CT molecular complexity index is 597. The van der Waals surface area contributed by atoms with Crippen LogP contribution in [0.15, 0.2) is 29.7 Å². The first-order valence-electron chi connectivity index (χ1n) is 4.48. The standard InChI is InChI=1S/C8H11N5O2S/c1-12-4-7(2-10-12)5-13-6-8(3-11-13)16(9,14)15/h2-4,6H,5H2,1H3,(H2,9,14,15). The molecule has 16 heavy (non-hydrogen) atoms. The van der Waals surface area contributed by atoms with Gasteiger partial charge in [0.25, 0.3) is 0 Å². The molecule has 0 aliphatic rings. The third-order valence-electron chi connectivity index (χ3n) is 2.04. The minimum Gasteiger partial charge on any atom is -0.275 e. The predicted molar refractivity (Wildman–Crippen MR) is 55.9 cm³/mol. The van der Waals surface area contributed by atoms with Gasteiger partial charge in [-0.2, -0.15) is 10.2 Å². The summed E-state index contributed by atoms with van der Waals surface area (Å²) in [4.78, 5) is 0.0105. The summed E-state index contributed by atoms with van der Waals surface area (Å²) in [7, 11) is -1.87. The molecule has 0 spiro atoms. The summed E-state index contributed by atoms with van der Waals surface area (Å²) in [5.74, 6) is 0. The van der Waals surface area contributed by atoms with E-state index >= 15 is 0 Å². The summed E-state index contributed by atoms with van der Waals surface area (Å²) in [5.41, 5.74) is 0.937. The van der Waals surface area contributed by atoms with Crippen molar-refractivity contribution in [2.24, 2.45) is 12.2 Å². The Hall–Kier alpha value is -1.67. The Kier molecular flexibility index (Phi) is 2.52. The van der Waals surface area contributed by atoms with Crippen LogP contribution in [0.5, 0.6) is 0 Å². The van der Waals surface area contributed by atoms with E-state index < -0.39 is 10.0 Å². The Balaban J connectivity index is 2.21. The second-order valence-corrected chi connectivity index (χ2v) is 5.00. The average molecular weight is 241 g/mol. The Morgan fingerprint density at radius 2 is 2.06 bits per heavy atom. The molecule has 2 aromatic rings. The Morgan fingerprint density at radius 1 is 1.31 bits per heavy atom. The molecular weight excluding hydrogens is 230 g/mol. The summed E-state index contributed by atoms with van der Waals surface area (Å²) in [6, 6.07) is 0. The summed E-state index contributed by atoms with van der Waals surface area (Å²) < 4.78 is 25.2. The average Bonchev–Trinajstić information content (AvgIpc) is 2.74. The maximum absolute atomic E-state index is 11.0. The quantitative estimate of drug-likeness (QED) is 0.769. The van der Waals surface area contributed by atoms with Crippen LogP contribution in [0.2, 0.25) is 0 Å². The van der Waals surface area contributed by atoms with Crippen molar-refractivity contribution in [3.8, 4) is 0 Å². The molecule has 8 heteroatoms. The van der Waals surface area contributed by atoms with E-state index in [4.69, 9.17) is 5.14 Å². The monoisotopic (exact) mass is 241 g/mol. The topological polar surface area (TPSA) is 95.8 Å². The molecule has 0 saturated carbocycles. The third kappa shape index (κ3) is 2.28. The number of nitrogens with two attached hydrogens (primary N) is 1. The first-order valence-corrected chi connectivity index (χ1v) is 6.02. The summed E-state index contributed by atoms with van der Waals surface area (Å²) in [5, 5.41) is 12.9. The number of hydrogen-bond donors (Lipinski definition) is 1. The van der Waals surface area contributed by atoms with Gasteiger partial charge in [0.15, 0.2) is 0 Å². The van der Waals surface area contributed by atoms with Crippen molar-refractivity contribution in [2.75, 3.05) is 0 Å². The van der Waals surface area contributed by atoms with Crippen LogP contribution in [0.1, 0.15) is 5.56 Å². The lowest BCUT2D eigenvalue weighted by atomic mass is 10.4. The van der Waals surface area contributed by atoms with Crippen molar-refractivity contribution in [1.29, 1.82) is 0 Å². The number of hydrogen-bond acceptors (Lipinski definition) is 4. The number of nitrogens with zero attached hydrogens (tertiary/aromatic N) is 4. The molecule has 2 aromatic heterocycles. The first-order chi connectivity index (χ1) is 7.45. The zero-order chi connectivity index (χ0) is 11.8. The van der Waals surface area contributed by atoms with Crippen LogP contribution in [0, 0.1) is 0 Å². The van der Waals surface area contributed by atoms with Crippen LogP contribution in [0.3, 0.4) is 0 Å². The molecule has 7 nitrogen and oxygen atoms in total. The molecule has 0 unspecified atom stereocenters. The second kappa shape index (κ2) is 3.72. The molecular formula is C8H11N5O2S. The molecule has 2 N–H and O–H groups in total. The smallest absolute Gasteiger partial charge is 0.241 e. The molecule has 0 aromatic carbocycles. The van der Waals surface area contributed by atoms with Crippen LogP contribution in [-0.2, 0) is 23.6 Å². The van der Waals surface area contributed by atoms with Gasteiger partial charge in [-0.25, -0.2) is 13.6 Å².